The molecule has 0 bridgehead atoms. The van der Waals surface area contributed by atoms with E-state index in [1.165, 1.54) is 35.3 Å². The number of hydrogen-bond donors (Lipinski definition) is 0. The molecule has 1 nitrogen and oxygen atoms in total. The summed E-state index contributed by atoms with van der Waals surface area (Å²) in [5.41, 5.74) is 0. The Morgan fingerprint density at radius 2 is 0.957 bits per heavy atom. The van der Waals surface area contributed by atoms with Crippen LogP contribution in [0.5, 0.6) is 11.5 Å². The van der Waals surface area contributed by atoms with Gasteiger partial charge in [-0.2, -0.15) is 0 Å². The molecule has 0 radical (unpaired) electrons. The SMILES string of the molecule is CCP(CC)c1ccccc1Oc1ccccc1P(CC)CC. The van der Waals surface area contributed by atoms with E-state index in [2.05, 4.69) is 76.2 Å². The molecule has 0 aliphatic heterocycles. The molecule has 0 fully saturated rings. The zero-order valence-corrected chi connectivity index (χ0v) is 16.5. The van der Waals surface area contributed by atoms with Crippen LogP contribution in [0.15, 0.2) is 48.5 Å². The number of rotatable bonds is 8. The summed E-state index contributed by atoms with van der Waals surface area (Å²) >= 11 is 0. The summed E-state index contributed by atoms with van der Waals surface area (Å²) in [6.07, 6.45) is 4.85. The van der Waals surface area contributed by atoms with Crippen molar-refractivity contribution >= 4 is 26.5 Å². The highest BCUT2D eigenvalue weighted by Crippen LogP contribution is 2.40. The third-order valence-electron chi connectivity index (χ3n) is 4.16. The van der Waals surface area contributed by atoms with Crippen LogP contribution in [0.2, 0.25) is 0 Å². The highest BCUT2D eigenvalue weighted by Gasteiger charge is 2.16. The van der Waals surface area contributed by atoms with Crippen molar-refractivity contribution in [1.82, 2.24) is 0 Å². The van der Waals surface area contributed by atoms with E-state index in [9.17, 15) is 0 Å². The Balaban J connectivity index is 2.37. The maximum atomic E-state index is 6.44. The summed E-state index contributed by atoms with van der Waals surface area (Å²) in [5.74, 6) is 2.11. The van der Waals surface area contributed by atoms with Gasteiger partial charge in [0.05, 0.1) is 0 Å². The van der Waals surface area contributed by atoms with Crippen LogP contribution in [-0.2, 0) is 0 Å². The zero-order valence-electron chi connectivity index (χ0n) is 14.7. The Labute approximate surface area is 144 Å². The van der Waals surface area contributed by atoms with Crippen molar-refractivity contribution in [2.24, 2.45) is 0 Å². The minimum absolute atomic E-state index is 0.120. The Kier molecular flexibility index (Phi) is 7.54. The Bertz CT molecular complexity index is 551. The van der Waals surface area contributed by atoms with Gasteiger partial charge in [0, 0.05) is 10.6 Å². The minimum Gasteiger partial charge on any atom is -0.456 e. The third kappa shape index (κ3) is 4.56. The van der Waals surface area contributed by atoms with Crippen molar-refractivity contribution in [3.63, 3.8) is 0 Å². The van der Waals surface area contributed by atoms with Crippen molar-refractivity contribution in [1.29, 1.82) is 0 Å². The summed E-state index contributed by atoms with van der Waals surface area (Å²) in [4.78, 5) is 0. The molecule has 0 aliphatic carbocycles. The maximum absolute atomic E-state index is 6.44. The second-order valence-corrected chi connectivity index (χ2v) is 11.0. The first-order valence-corrected chi connectivity index (χ1v) is 12.0. The van der Waals surface area contributed by atoms with Crippen molar-refractivity contribution < 1.29 is 4.74 Å². The molecule has 0 saturated heterocycles. The van der Waals surface area contributed by atoms with Crippen LogP contribution in [0.1, 0.15) is 27.7 Å². The standard InChI is InChI=1S/C20H28OP2/c1-5-22(6-2)19-15-11-9-13-17(19)21-18-14-10-12-16-20(18)23(7-3)8-4/h9-16H,5-8H2,1-4H3. The van der Waals surface area contributed by atoms with E-state index in [4.69, 9.17) is 4.74 Å². The third-order valence-corrected chi connectivity index (χ3v) is 9.31. The van der Waals surface area contributed by atoms with E-state index in [-0.39, 0.29) is 15.8 Å². The monoisotopic (exact) mass is 346 g/mol. The van der Waals surface area contributed by atoms with Gasteiger partial charge in [0.1, 0.15) is 11.5 Å². The van der Waals surface area contributed by atoms with Gasteiger partial charge in [-0.25, -0.2) is 0 Å². The molecular formula is C20H28OP2. The molecule has 124 valence electrons. The first-order chi connectivity index (χ1) is 11.2. The van der Waals surface area contributed by atoms with Crippen LogP contribution in [-0.4, -0.2) is 24.6 Å². The van der Waals surface area contributed by atoms with Gasteiger partial charge in [0.2, 0.25) is 0 Å². The van der Waals surface area contributed by atoms with Crippen LogP contribution in [0.4, 0.5) is 0 Å². The van der Waals surface area contributed by atoms with Gasteiger partial charge in [0.15, 0.2) is 0 Å². The molecule has 0 atom stereocenters. The molecule has 0 spiro atoms. The lowest BCUT2D eigenvalue weighted by molar-refractivity contribution is 0.490. The second-order valence-electron chi connectivity index (χ2n) is 5.38. The van der Waals surface area contributed by atoms with Crippen LogP contribution in [0.25, 0.3) is 0 Å². The van der Waals surface area contributed by atoms with Crippen molar-refractivity contribution in [3.8, 4) is 11.5 Å². The van der Waals surface area contributed by atoms with Crippen molar-refractivity contribution in [2.45, 2.75) is 27.7 Å². The summed E-state index contributed by atoms with van der Waals surface area (Å²) in [5, 5.41) is 2.80. The fourth-order valence-corrected chi connectivity index (χ4v) is 6.57. The van der Waals surface area contributed by atoms with E-state index in [1.807, 2.05) is 0 Å². The van der Waals surface area contributed by atoms with Crippen molar-refractivity contribution in [2.75, 3.05) is 24.6 Å². The quantitative estimate of drug-likeness (QED) is 0.551. The highest BCUT2D eigenvalue weighted by atomic mass is 31.1. The number of benzene rings is 2. The van der Waals surface area contributed by atoms with Crippen LogP contribution >= 0.6 is 15.8 Å². The topological polar surface area (TPSA) is 9.23 Å². The van der Waals surface area contributed by atoms with Crippen LogP contribution < -0.4 is 15.3 Å². The van der Waals surface area contributed by atoms with E-state index in [0.29, 0.717) is 0 Å². The Morgan fingerprint density at radius 1 is 0.609 bits per heavy atom. The van der Waals surface area contributed by atoms with Gasteiger partial charge >= 0.3 is 0 Å². The fraction of sp³-hybridized carbons (Fsp3) is 0.400. The second kappa shape index (κ2) is 9.41. The Morgan fingerprint density at radius 3 is 1.30 bits per heavy atom. The van der Waals surface area contributed by atoms with Gasteiger partial charge in [-0.3, -0.25) is 0 Å². The molecule has 2 aromatic carbocycles. The van der Waals surface area contributed by atoms with Crippen molar-refractivity contribution in [3.05, 3.63) is 48.5 Å². The van der Waals surface area contributed by atoms with Crippen LogP contribution in [0, 0.1) is 0 Å². The summed E-state index contributed by atoms with van der Waals surface area (Å²) in [6, 6.07) is 17.2. The number of hydrogen-bond acceptors (Lipinski definition) is 1. The van der Waals surface area contributed by atoms with E-state index in [0.717, 1.165) is 11.5 Å². The molecule has 23 heavy (non-hydrogen) atoms. The van der Waals surface area contributed by atoms with Gasteiger partial charge in [0.25, 0.3) is 0 Å². The molecule has 0 saturated carbocycles. The fourth-order valence-electron chi connectivity index (χ4n) is 2.86. The smallest absolute Gasteiger partial charge is 0.135 e. The number of para-hydroxylation sites is 2. The summed E-state index contributed by atoms with van der Waals surface area (Å²) in [6.45, 7) is 9.14. The summed E-state index contributed by atoms with van der Waals surface area (Å²) < 4.78 is 6.44. The lowest BCUT2D eigenvalue weighted by Crippen LogP contribution is -2.12. The first-order valence-electron chi connectivity index (χ1n) is 8.60. The molecule has 0 heterocycles. The maximum Gasteiger partial charge on any atom is 0.135 e. The predicted octanol–water partition coefficient (Wildman–Crippen LogP) is 5.77. The molecule has 0 N–H and O–H groups in total. The lowest BCUT2D eigenvalue weighted by Gasteiger charge is -2.21. The molecule has 0 aliphatic rings. The molecule has 0 unspecified atom stereocenters. The van der Waals surface area contributed by atoms with E-state index in [1.54, 1.807) is 0 Å². The zero-order chi connectivity index (χ0) is 16.7. The molecule has 3 heteroatoms. The average molecular weight is 346 g/mol. The molecule has 2 rings (SSSR count). The summed E-state index contributed by atoms with van der Waals surface area (Å²) in [7, 11) is -0.240. The molecule has 2 aromatic rings. The Hall–Kier alpha value is -0.900. The van der Waals surface area contributed by atoms with Gasteiger partial charge in [-0.1, -0.05) is 79.9 Å². The van der Waals surface area contributed by atoms with Gasteiger partial charge < -0.3 is 4.74 Å². The normalized spacial score (nSPS) is 11.2. The predicted molar refractivity (Wildman–Crippen MR) is 108 cm³/mol. The largest absolute Gasteiger partial charge is 0.456 e. The minimum atomic E-state index is -0.120. The van der Waals surface area contributed by atoms with E-state index < -0.39 is 0 Å². The molecular weight excluding hydrogens is 318 g/mol. The molecule has 0 amide bonds. The lowest BCUT2D eigenvalue weighted by atomic mass is 10.3. The first kappa shape index (κ1) is 18.4. The number of ether oxygens (including phenoxy) is 1. The highest BCUT2D eigenvalue weighted by molar-refractivity contribution is 7.66. The van der Waals surface area contributed by atoms with Gasteiger partial charge in [-0.05, 0) is 36.8 Å². The van der Waals surface area contributed by atoms with E-state index >= 15 is 0 Å². The molecule has 0 aromatic heterocycles. The average Bonchev–Trinajstić information content (AvgIpc) is 2.60. The van der Waals surface area contributed by atoms with Gasteiger partial charge in [-0.15, -0.1) is 0 Å². The van der Waals surface area contributed by atoms with Crippen LogP contribution in [0.3, 0.4) is 0 Å².